The number of carbonyl (C=O) groups is 2. The Kier molecular flexibility index (Phi) is 10.2. The molecular weight excluding hydrogens is 665 g/mol. The molecule has 256 valence electrons. The van der Waals surface area contributed by atoms with E-state index in [0.29, 0.717) is 32.4 Å². The number of aliphatic hydroxyl groups is 1. The van der Waals surface area contributed by atoms with Crippen molar-refractivity contribution < 1.29 is 28.6 Å². The van der Waals surface area contributed by atoms with E-state index in [0.717, 1.165) is 6.07 Å². The maximum absolute atomic E-state index is 15.9. The highest BCUT2D eigenvalue weighted by atomic mass is 35.5. The van der Waals surface area contributed by atoms with Gasteiger partial charge >= 0.3 is 5.97 Å². The van der Waals surface area contributed by atoms with Crippen LogP contribution in [0, 0.1) is 28.4 Å². The Morgan fingerprint density at radius 1 is 1.17 bits per heavy atom. The first-order valence-corrected chi connectivity index (χ1v) is 16.4. The minimum absolute atomic E-state index is 0.0237. The third kappa shape index (κ3) is 7.36. The molecule has 0 bridgehead atoms. The van der Waals surface area contributed by atoms with Gasteiger partial charge < -0.3 is 20.8 Å². The number of halogens is 4. The largest absolute Gasteiger partial charge is 0.480 e. The number of hydrogen-bond acceptors (Lipinski definition) is 7. The number of hydrogen-bond donors (Lipinski definition) is 4. The summed E-state index contributed by atoms with van der Waals surface area (Å²) in [7, 11) is 0. The van der Waals surface area contributed by atoms with Crippen molar-refractivity contribution >= 4 is 40.9 Å². The van der Waals surface area contributed by atoms with Crippen molar-refractivity contribution in [2.75, 3.05) is 25.0 Å². The van der Waals surface area contributed by atoms with Gasteiger partial charge in [-0.3, -0.25) is 19.2 Å². The van der Waals surface area contributed by atoms with E-state index in [1.165, 1.54) is 35.0 Å². The summed E-state index contributed by atoms with van der Waals surface area (Å²) in [6.45, 7) is 6.69. The van der Waals surface area contributed by atoms with Gasteiger partial charge in [-0.1, -0.05) is 62.2 Å². The van der Waals surface area contributed by atoms with Crippen molar-refractivity contribution in [2.45, 2.75) is 75.6 Å². The number of anilines is 1. The zero-order valence-corrected chi connectivity index (χ0v) is 28.3. The quantitative estimate of drug-likeness (QED) is 0.234. The van der Waals surface area contributed by atoms with Crippen LogP contribution in [0.3, 0.4) is 0 Å². The van der Waals surface area contributed by atoms with E-state index in [1.807, 2.05) is 20.8 Å². The van der Waals surface area contributed by atoms with Gasteiger partial charge in [-0.15, -0.1) is 0 Å². The van der Waals surface area contributed by atoms with Crippen LogP contribution in [-0.4, -0.2) is 74.1 Å². The number of carboxylic acid groups (broad SMARTS) is 1. The molecule has 10 nitrogen and oxygen atoms in total. The lowest BCUT2D eigenvalue weighted by Gasteiger charge is -2.37. The lowest BCUT2D eigenvalue weighted by atomic mass is 9.62. The van der Waals surface area contributed by atoms with Crippen molar-refractivity contribution in [3.05, 3.63) is 81.5 Å². The summed E-state index contributed by atoms with van der Waals surface area (Å²) < 4.78 is 33.2. The van der Waals surface area contributed by atoms with Crippen LogP contribution in [0.4, 0.5) is 14.6 Å². The van der Waals surface area contributed by atoms with Crippen LogP contribution < -0.4 is 10.6 Å². The molecule has 2 saturated heterocycles. The highest BCUT2D eigenvalue weighted by Crippen LogP contribution is 2.53. The maximum Gasteiger partial charge on any atom is 0.317 e. The number of rotatable bonds is 9. The minimum Gasteiger partial charge on any atom is -0.480 e. The zero-order valence-electron chi connectivity index (χ0n) is 26.8. The smallest absolute Gasteiger partial charge is 0.317 e. The number of amides is 1. The first-order valence-electron chi connectivity index (χ1n) is 15.6. The van der Waals surface area contributed by atoms with Crippen LogP contribution in [0.2, 0.25) is 10.0 Å². The van der Waals surface area contributed by atoms with Gasteiger partial charge in [-0.2, -0.15) is 10.4 Å². The number of carbonyl (C=O) groups excluding carboxylic acids is 1. The number of aliphatic carboxylic acids is 1. The second-order valence-electron chi connectivity index (χ2n) is 14.0. The molecule has 2 fully saturated rings. The van der Waals surface area contributed by atoms with E-state index >= 15 is 8.78 Å². The van der Waals surface area contributed by atoms with Gasteiger partial charge in [0, 0.05) is 47.9 Å². The van der Waals surface area contributed by atoms with Gasteiger partial charge in [0.1, 0.15) is 17.0 Å². The molecule has 0 radical (unpaired) electrons. The fraction of sp³-hybridized carbons (Fsp3) is 0.471. The third-order valence-corrected chi connectivity index (χ3v) is 9.75. The van der Waals surface area contributed by atoms with Gasteiger partial charge in [-0.05, 0) is 48.4 Å². The maximum atomic E-state index is 15.9. The van der Waals surface area contributed by atoms with Gasteiger partial charge in [-0.25, -0.2) is 8.78 Å². The Labute approximate surface area is 287 Å². The standard InChI is InChI=1S/C34H38Cl2F2N6O4/c1-32(2,3)16-25-34(18-39,22-8-7-20(35)15-24(22)37)28(21-5-4-6-23(36)29(21)38)30(40-25)31(47)41-26-9-12-44(42-26)19-33(48)10-13-43(14-11-33)17-27(45)46/h4-9,12,15,25,28,30,40,48H,10-11,13-14,16-17,19H2,1-3H3,(H,45,46)(H,41,42,47)/t25-,28-,30+,34-/m0/s1. The second kappa shape index (κ2) is 13.7. The zero-order chi connectivity index (χ0) is 35.0. The molecule has 2 aromatic carbocycles. The lowest BCUT2D eigenvalue weighted by Crippen LogP contribution is -2.48. The number of piperidine rings is 1. The fourth-order valence-corrected chi connectivity index (χ4v) is 7.40. The van der Waals surface area contributed by atoms with Gasteiger partial charge in [0.25, 0.3) is 0 Å². The summed E-state index contributed by atoms with van der Waals surface area (Å²) in [5.41, 5.74) is -3.34. The second-order valence-corrected chi connectivity index (χ2v) is 14.8. The summed E-state index contributed by atoms with van der Waals surface area (Å²) in [6.07, 6.45) is 2.60. The molecule has 1 amide bonds. The highest BCUT2D eigenvalue weighted by molar-refractivity contribution is 6.31. The molecule has 2 aliphatic rings. The monoisotopic (exact) mass is 702 g/mol. The van der Waals surface area contributed by atoms with Gasteiger partial charge in [0.05, 0.1) is 35.8 Å². The van der Waals surface area contributed by atoms with E-state index in [9.17, 15) is 20.0 Å². The van der Waals surface area contributed by atoms with Crippen molar-refractivity contribution in [1.82, 2.24) is 20.0 Å². The Hall–Kier alpha value is -3.60. The summed E-state index contributed by atoms with van der Waals surface area (Å²) in [4.78, 5) is 27.0. The molecule has 0 unspecified atom stereocenters. The molecule has 4 atom stereocenters. The van der Waals surface area contributed by atoms with Crippen molar-refractivity contribution in [3.8, 4) is 6.07 Å². The number of benzene rings is 2. The molecule has 0 saturated carbocycles. The van der Waals surface area contributed by atoms with Gasteiger partial charge in [0.15, 0.2) is 5.82 Å². The molecule has 2 aliphatic heterocycles. The number of nitrogens with zero attached hydrogens (tertiary/aromatic N) is 4. The van der Waals surface area contributed by atoms with Gasteiger partial charge in [0.2, 0.25) is 5.91 Å². The Morgan fingerprint density at radius 2 is 1.88 bits per heavy atom. The first kappa shape index (κ1) is 35.7. The Bertz CT molecular complexity index is 1730. The number of likely N-dealkylation sites (tertiary alicyclic amines) is 1. The SMILES string of the molecule is CC(C)(C)C[C@@H]1N[C@@H](C(=O)Nc2ccn(CC3(O)CCN(CC(=O)O)CC3)n2)[C@H](c2cccc(Cl)c2F)[C@@]1(C#N)c1ccc(Cl)cc1F. The van der Waals surface area contributed by atoms with Crippen molar-refractivity contribution in [3.63, 3.8) is 0 Å². The van der Waals surface area contributed by atoms with E-state index in [-0.39, 0.29) is 40.1 Å². The molecule has 3 aromatic rings. The van der Waals surface area contributed by atoms with Crippen LogP contribution in [0.15, 0.2) is 48.7 Å². The molecule has 4 N–H and O–H groups in total. The van der Waals surface area contributed by atoms with Crippen LogP contribution in [0.5, 0.6) is 0 Å². The van der Waals surface area contributed by atoms with Crippen LogP contribution >= 0.6 is 23.2 Å². The number of aromatic nitrogens is 2. The molecule has 0 spiro atoms. The average molecular weight is 704 g/mol. The predicted octanol–water partition coefficient (Wildman–Crippen LogP) is 5.34. The molecule has 1 aromatic heterocycles. The topological polar surface area (TPSA) is 144 Å². The predicted molar refractivity (Wildman–Crippen MR) is 177 cm³/mol. The number of nitriles is 1. The molecule has 0 aliphatic carbocycles. The molecule has 14 heteroatoms. The average Bonchev–Trinajstić information content (AvgIpc) is 3.56. The van der Waals surface area contributed by atoms with Crippen molar-refractivity contribution in [1.29, 1.82) is 5.26 Å². The highest BCUT2D eigenvalue weighted by Gasteiger charge is 2.61. The fourth-order valence-electron chi connectivity index (χ4n) is 7.06. The number of nitrogens with one attached hydrogen (secondary N) is 2. The van der Waals surface area contributed by atoms with E-state index in [4.69, 9.17) is 28.3 Å². The van der Waals surface area contributed by atoms with Crippen LogP contribution in [0.25, 0.3) is 0 Å². The summed E-state index contributed by atoms with van der Waals surface area (Å²) >= 11 is 12.3. The third-order valence-electron chi connectivity index (χ3n) is 9.23. The Balaban J connectivity index is 1.49. The lowest BCUT2D eigenvalue weighted by molar-refractivity contribution is -0.139. The van der Waals surface area contributed by atoms with Crippen LogP contribution in [-0.2, 0) is 21.5 Å². The molecule has 5 rings (SSSR count). The van der Waals surface area contributed by atoms with E-state index in [2.05, 4.69) is 21.8 Å². The van der Waals surface area contributed by atoms with E-state index < -0.39 is 57.9 Å². The Morgan fingerprint density at radius 3 is 2.50 bits per heavy atom. The summed E-state index contributed by atoms with van der Waals surface area (Å²) in [5.74, 6) is -4.22. The molecule has 3 heterocycles. The molecular formula is C34H38Cl2F2N6O4. The molecule has 48 heavy (non-hydrogen) atoms. The normalized spacial score (nSPS) is 24.3. The van der Waals surface area contributed by atoms with Crippen LogP contribution in [0.1, 0.15) is 57.1 Å². The minimum atomic E-state index is -1.77. The number of carboxylic acids is 1. The van der Waals surface area contributed by atoms with E-state index in [1.54, 1.807) is 17.2 Å². The van der Waals surface area contributed by atoms with Crippen molar-refractivity contribution in [2.24, 2.45) is 5.41 Å². The summed E-state index contributed by atoms with van der Waals surface area (Å²) in [6, 6.07) is 10.1. The summed E-state index contributed by atoms with van der Waals surface area (Å²) in [5, 5.41) is 41.6. The first-order chi connectivity index (χ1) is 22.5.